The van der Waals surface area contributed by atoms with Crippen molar-refractivity contribution in [3.63, 3.8) is 0 Å². The van der Waals surface area contributed by atoms with Gasteiger partial charge in [-0.15, -0.1) is 0 Å². The average molecular weight is 381 g/mol. The Kier molecular flexibility index (Phi) is 9.34. The van der Waals surface area contributed by atoms with E-state index in [0.717, 1.165) is 11.5 Å². The molecule has 0 fully saturated rings. The van der Waals surface area contributed by atoms with E-state index in [2.05, 4.69) is 76.2 Å². The molecule has 3 heteroatoms. The third-order valence-electron chi connectivity index (χ3n) is 4.55. The van der Waals surface area contributed by atoms with Gasteiger partial charge in [0.15, 0.2) is 0 Å². The molecular formula is C24H32N2S. The summed E-state index contributed by atoms with van der Waals surface area (Å²) in [5.41, 5.74) is 2.33. The van der Waals surface area contributed by atoms with Gasteiger partial charge in [0.25, 0.3) is 0 Å². The maximum Gasteiger partial charge on any atom is 0.0613 e. The summed E-state index contributed by atoms with van der Waals surface area (Å²) in [6.07, 6.45) is 4.03. The van der Waals surface area contributed by atoms with Crippen LogP contribution in [0.4, 0.5) is 0 Å². The normalized spacial score (nSPS) is 14.4. The average Bonchev–Trinajstić information content (AvgIpc) is 2.67. The predicted molar refractivity (Wildman–Crippen MR) is 123 cm³/mol. The molecule has 0 aliphatic heterocycles. The topological polar surface area (TPSA) is 24.7 Å². The molecule has 0 aliphatic rings. The Bertz CT molecular complexity index is 631. The lowest BCUT2D eigenvalue weighted by Crippen LogP contribution is -2.21. The summed E-state index contributed by atoms with van der Waals surface area (Å²) in [6, 6.07) is 21.4. The molecule has 27 heavy (non-hydrogen) atoms. The van der Waals surface area contributed by atoms with E-state index in [0.29, 0.717) is 23.9 Å². The molecule has 0 bridgehead atoms. The number of rotatable bonds is 10. The van der Waals surface area contributed by atoms with Gasteiger partial charge < -0.3 is 0 Å². The van der Waals surface area contributed by atoms with E-state index in [4.69, 9.17) is 9.98 Å². The molecule has 2 aromatic rings. The van der Waals surface area contributed by atoms with Crippen LogP contribution in [0.1, 0.15) is 38.8 Å². The van der Waals surface area contributed by atoms with Crippen molar-refractivity contribution >= 4 is 24.2 Å². The molecule has 2 aromatic carbocycles. The molecule has 0 aromatic heterocycles. The van der Waals surface area contributed by atoms with Crippen LogP contribution < -0.4 is 0 Å². The second-order valence-electron chi connectivity index (χ2n) is 7.54. The molecule has 0 heterocycles. The third kappa shape index (κ3) is 8.13. The zero-order chi connectivity index (χ0) is 19.5. The summed E-state index contributed by atoms with van der Waals surface area (Å²) in [5.74, 6) is 3.13. The van der Waals surface area contributed by atoms with Gasteiger partial charge in [-0.1, -0.05) is 88.4 Å². The summed E-state index contributed by atoms with van der Waals surface area (Å²) in [6.45, 7) is 9.00. The fourth-order valence-electron chi connectivity index (χ4n) is 2.57. The molecule has 0 saturated carbocycles. The van der Waals surface area contributed by atoms with Crippen molar-refractivity contribution in [3.05, 3.63) is 71.8 Å². The Hall–Kier alpha value is -1.87. The monoisotopic (exact) mass is 380 g/mol. The van der Waals surface area contributed by atoms with Crippen LogP contribution in [-0.2, 0) is 0 Å². The van der Waals surface area contributed by atoms with E-state index in [9.17, 15) is 0 Å². The maximum absolute atomic E-state index is 4.84. The van der Waals surface area contributed by atoms with Gasteiger partial charge in [-0.05, 0) is 23.0 Å². The number of thioether (sulfide) groups is 1. The summed E-state index contributed by atoms with van der Waals surface area (Å²) >= 11 is 1.97. The molecule has 0 spiro atoms. The van der Waals surface area contributed by atoms with E-state index in [1.807, 2.05) is 36.3 Å². The van der Waals surface area contributed by atoms with Crippen molar-refractivity contribution < 1.29 is 0 Å². The van der Waals surface area contributed by atoms with Gasteiger partial charge in [0.05, 0.1) is 12.1 Å². The van der Waals surface area contributed by atoms with Crippen molar-refractivity contribution in [1.82, 2.24) is 0 Å². The molecule has 2 rings (SSSR count). The third-order valence-corrected chi connectivity index (χ3v) is 5.70. The van der Waals surface area contributed by atoms with Gasteiger partial charge in [0, 0.05) is 23.9 Å². The standard InChI is InChI=1S/C24H32N2S/c1-19(2)23(25-15-21-11-7-5-8-12-21)17-27-18-24(20(3)4)26-16-22-13-9-6-10-14-22/h5-16,19-20,23-24H,17-18H2,1-4H3/t23-,24-/m1/s1. The van der Waals surface area contributed by atoms with Gasteiger partial charge in [-0.2, -0.15) is 11.8 Å². The van der Waals surface area contributed by atoms with Crippen molar-refractivity contribution in [1.29, 1.82) is 0 Å². The zero-order valence-electron chi connectivity index (χ0n) is 17.0. The molecule has 2 atom stereocenters. The highest BCUT2D eigenvalue weighted by atomic mass is 32.2. The first-order valence-electron chi connectivity index (χ1n) is 9.80. The number of benzene rings is 2. The highest BCUT2D eigenvalue weighted by Gasteiger charge is 2.15. The molecule has 0 saturated heterocycles. The highest BCUT2D eigenvalue weighted by molar-refractivity contribution is 7.99. The molecule has 144 valence electrons. The SMILES string of the molecule is CC(C)[C@@H](CSC[C@@H](N=Cc1ccccc1)C(C)C)N=Cc1ccccc1. The van der Waals surface area contributed by atoms with Crippen LogP contribution in [0.5, 0.6) is 0 Å². The summed E-state index contributed by atoms with van der Waals surface area (Å²) in [7, 11) is 0. The summed E-state index contributed by atoms with van der Waals surface area (Å²) < 4.78 is 0. The van der Waals surface area contributed by atoms with E-state index in [1.54, 1.807) is 0 Å². The van der Waals surface area contributed by atoms with Gasteiger partial charge in [-0.25, -0.2) is 0 Å². The Labute approximate surface area is 169 Å². The van der Waals surface area contributed by atoms with Crippen molar-refractivity contribution in [2.24, 2.45) is 21.8 Å². The molecule has 2 nitrogen and oxygen atoms in total. The lowest BCUT2D eigenvalue weighted by Gasteiger charge is -2.19. The van der Waals surface area contributed by atoms with Crippen LogP contribution in [0.2, 0.25) is 0 Å². The number of hydrogen-bond donors (Lipinski definition) is 0. The van der Waals surface area contributed by atoms with Gasteiger partial charge in [0.2, 0.25) is 0 Å². The van der Waals surface area contributed by atoms with Gasteiger partial charge in [0.1, 0.15) is 0 Å². The summed E-state index contributed by atoms with van der Waals surface area (Å²) in [5, 5.41) is 0. The largest absolute Gasteiger partial charge is 0.288 e. The minimum atomic E-state index is 0.334. The molecule has 0 aliphatic carbocycles. The lowest BCUT2D eigenvalue weighted by molar-refractivity contribution is 0.530. The first-order valence-corrected chi connectivity index (χ1v) is 11.0. The van der Waals surface area contributed by atoms with Crippen LogP contribution in [-0.4, -0.2) is 36.0 Å². The molecule has 0 N–H and O–H groups in total. The second-order valence-corrected chi connectivity index (χ2v) is 8.61. The number of aliphatic imine (C=N–C) groups is 2. The smallest absolute Gasteiger partial charge is 0.0613 e. The zero-order valence-corrected chi connectivity index (χ0v) is 17.8. The number of nitrogens with zero attached hydrogens (tertiary/aromatic N) is 2. The molecule has 0 amide bonds. The fourth-order valence-corrected chi connectivity index (χ4v) is 4.13. The van der Waals surface area contributed by atoms with Gasteiger partial charge >= 0.3 is 0 Å². The Morgan fingerprint density at radius 2 is 1.04 bits per heavy atom. The second kappa shape index (κ2) is 11.8. The molecular weight excluding hydrogens is 348 g/mol. The fraction of sp³-hybridized carbons (Fsp3) is 0.417. The minimum Gasteiger partial charge on any atom is -0.288 e. The highest BCUT2D eigenvalue weighted by Crippen LogP contribution is 2.19. The van der Waals surface area contributed by atoms with Crippen molar-refractivity contribution in [2.45, 2.75) is 39.8 Å². The Morgan fingerprint density at radius 1 is 0.667 bits per heavy atom. The quantitative estimate of drug-likeness (QED) is 0.463. The Morgan fingerprint density at radius 3 is 1.37 bits per heavy atom. The molecule has 0 unspecified atom stereocenters. The van der Waals surface area contributed by atoms with Gasteiger partial charge in [-0.3, -0.25) is 9.98 Å². The van der Waals surface area contributed by atoms with E-state index in [1.165, 1.54) is 11.1 Å². The lowest BCUT2D eigenvalue weighted by atomic mass is 10.1. The van der Waals surface area contributed by atoms with Crippen LogP contribution in [0, 0.1) is 11.8 Å². The van der Waals surface area contributed by atoms with E-state index in [-0.39, 0.29) is 0 Å². The van der Waals surface area contributed by atoms with Crippen LogP contribution in [0.25, 0.3) is 0 Å². The first-order chi connectivity index (χ1) is 13.1. The van der Waals surface area contributed by atoms with Crippen molar-refractivity contribution in [2.75, 3.05) is 11.5 Å². The van der Waals surface area contributed by atoms with Crippen molar-refractivity contribution in [3.8, 4) is 0 Å². The first kappa shape index (κ1) is 21.4. The van der Waals surface area contributed by atoms with E-state index >= 15 is 0 Å². The Balaban J connectivity index is 1.89. The van der Waals surface area contributed by atoms with Crippen LogP contribution >= 0.6 is 11.8 Å². The molecule has 0 radical (unpaired) electrons. The maximum atomic E-state index is 4.84. The van der Waals surface area contributed by atoms with Crippen LogP contribution in [0.15, 0.2) is 70.6 Å². The number of hydrogen-bond acceptors (Lipinski definition) is 3. The summed E-state index contributed by atoms with van der Waals surface area (Å²) in [4.78, 5) is 9.69. The predicted octanol–water partition coefficient (Wildman–Crippen LogP) is 6.01. The van der Waals surface area contributed by atoms with E-state index < -0.39 is 0 Å². The minimum absolute atomic E-state index is 0.334. The van der Waals surface area contributed by atoms with Crippen LogP contribution in [0.3, 0.4) is 0 Å².